The Balaban J connectivity index is 1.88. The van der Waals surface area contributed by atoms with Gasteiger partial charge in [-0.3, -0.25) is 4.79 Å². The predicted octanol–water partition coefficient (Wildman–Crippen LogP) is 5.13. The maximum absolute atomic E-state index is 12.1. The first-order valence-corrected chi connectivity index (χ1v) is 10.2. The molecule has 1 aromatic carbocycles. The van der Waals surface area contributed by atoms with E-state index >= 15 is 0 Å². The molecule has 0 N–H and O–H groups in total. The second-order valence-corrected chi connectivity index (χ2v) is 9.13. The Hall–Kier alpha value is -2.10. The smallest absolute Gasteiger partial charge is 0.253 e. The highest BCUT2D eigenvalue weighted by Crippen LogP contribution is 2.30. The zero-order valence-corrected chi connectivity index (χ0v) is 17.5. The lowest BCUT2D eigenvalue weighted by atomic mass is 9.88. The normalized spacial score (nSPS) is 15.7. The van der Waals surface area contributed by atoms with Crippen LogP contribution in [0.2, 0.25) is 0 Å². The van der Waals surface area contributed by atoms with Crippen molar-refractivity contribution in [1.82, 2.24) is 14.5 Å². The number of benzene rings is 1. The van der Waals surface area contributed by atoms with Crippen molar-refractivity contribution in [2.24, 2.45) is 5.92 Å². The first-order valence-electron chi connectivity index (χ1n) is 10.2. The molecule has 4 nitrogen and oxygen atoms in total. The van der Waals surface area contributed by atoms with Crippen molar-refractivity contribution in [1.29, 1.82) is 0 Å². The van der Waals surface area contributed by atoms with Gasteiger partial charge in [0.25, 0.3) is 5.91 Å². The van der Waals surface area contributed by atoms with E-state index in [1.54, 1.807) is 19.0 Å². The third kappa shape index (κ3) is 4.60. The maximum Gasteiger partial charge on any atom is 0.253 e. The Bertz CT molecular complexity index is 775. The highest BCUT2D eigenvalue weighted by atomic mass is 16.2. The van der Waals surface area contributed by atoms with Gasteiger partial charge in [0, 0.05) is 43.4 Å². The van der Waals surface area contributed by atoms with Crippen LogP contribution in [0.25, 0.3) is 11.3 Å². The molecule has 0 saturated heterocycles. The predicted molar refractivity (Wildman–Crippen MR) is 111 cm³/mol. The molecule has 1 saturated carbocycles. The van der Waals surface area contributed by atoms with E-state index in [1.807, 2.05) is 24.3 Å². The highest BCUT2D eigenvalue weighted by Gasteiger charge is 2.24. The van der Waals surface area contributed by atoms with Gasteiger partial charge in [-0.05, 0) is 30.9 Å². The summed E-state index contributed by atoms with van der Waals surface area (Å²) < 4.78 is 2.38. The Morgan fingerprint density at radius 1 is 1.11 bits per heavy atom. The molecule has 4 heteroatoms. The van der Waals surface area contributed by atoms with E-state index in [9.17, 15) is 4.79 Å². The van der Waals surface area contributed by atoms with Crippen LogP contribution in [0.1, 0.15) is 69.1 Å². The molecule has 27 heavy (non-hydrogen) atoms. The van der Waals surface area contributed by atoms with Gasteiger partial charge < -0.3 is 9.47 Å². The topological polar surface area (TPSA) is 38.1 Å². The molecule has 1 fully saturated rings. The average Bonchev–Trinajstić information content (AvgIpc) is 3.06. The zero-order valence-electron chi connectivity index (χ0n) is 17.5. The summed E-state index contributed by atoms with van der Waals surface area (Å²) in [5.41, 5.74) is 2.78. The summed E-state index contributed by atoms with van der Waals surface area (Å²) in [4.78, 5) is 18.7. The standard InChI is InChI=1S/C23H33N3O/c1-23(2,3)22-24-20(16-26(22)15-17-9-7-6-8-10-17)18-11-13-19(14-12-18)21(27)25(4)5/h11-14,16-17H,6-10,15H2,1-5H3. The number of imidazole rings is 1. The largest absolute Gasteiger partial charge is 0.345 e. The van der Waals surface area contributed by atoms with Crippen molar-refractivity contribution in [3.63, 3.8) is 0 Å². The van der Waals surface area contributed by atoms with E-state index in [0.29, 0.717) is 5.56 Å². The lowest BCUT2D eigenvalue weighted by molar-refractivity contribution is 0.0827. The molecule has 2 aromatic rings. The Morgan fingerprint density at radius 2 is 1.74 bits per heavy atom. The van der Waals surface area contributed by atoms with Gasteiger partial charge in [-0.1, -0.05) is 52.2 Å². The minimum absolute atomic E-state index is 0.00768. The summed E-state index contributed by atoms with van der Waals surface area (Å²) in [7, 11) is 3.55. The number of hydrogen-bond acceptors (Lipinski definition) is 2. The molecular weight excluding hydrogens is 334 g/mol. The monoisotopic (exact) mass is 367 g/mol. The molecule has 1 heterocycles. The van der Waals surface area contributed by atoms with Gasteiger partial charge in [-0.2, -0.15) is 0 Å². The Kier molecular flexibility index (Phi) is 5.73. The average molecular weight is 368 g/mol. The second kappa shape index (κ2) is 7.87. The van der Waals surface area contributed by atoms with Crippen LogP contribution in [-0.4, -0.2) is 34.5 Å². The molecule has 0 unspecified atom stereocenters. The first-order chi connectivity index (χ1) is 12.8. The molecular formula is C23H33N3O. The van der Waals surface area contributed by atoms with Crippen LogP contribution in [0.4, 0.5) is 0 Å². The summed E-state index contributed by atoms with van der Waals surface area (Å²) in [5, 5.41) is 0. The number of carbonyl (C=O) groups is 1. The van der Waals surface area contributed by atoms with Gasteiger partial charge in [-0.25, -0.2) is 4.98 Å². The van der Waals surface area contributed by atoms with Crippen LogP contribution >= 0.6 is 0 Å². The van der Waals surface area contributed by atoms with Crippen molar-refractivity contribution in [3.05, 3.63) is 41.9 Å². The van der Waals surface area contributed by atoms with Gasteiger partial charge in [0.15, 0.2) is 0 Å². The maximum atomic E-state index is 12.1. The molecule has 0 aliphatic heterocycles. The minimum Gasteiger partial charge on any atom is -0.345 e. The third-order valence-electron chi connectivity index (χ3n) is 5.46. The van der Waals surface area contributed by atoms with E-state index in [0.717, 1.165) is 29.5 Å². The molecule has 146 valence electrons. The molecule has 1 aliphatic carbocycles. The number of amides is 1. The van der Waals surface area contributed by atoms with E-state index in [4.69, 9.17) is 4.98 Å². The molecule has 1 aliphatic rings. The zero-order chi connectivity index (χ0) is 19.6. The summed E-state index contributed by atoms with van der Waals surface area (Å²) >= 11 is 0. The Morgan fingerprint density at radius 3 is 2.30 bits per heavy atom. The molecule has 1 aromatic heterocycles. The van der Waals surface area contributed by atoms with Gasteiger partial charge in [0.1, 0.15) is 5.82 Å². The van der Waals surface area contributed by atoms with E-state index in [1.165, 1.54) is 32.1 Å². The van der Waals surface area contributed by atoms with Crippen LogP contribution in [0.5, 0.6) is 0 Å². The lowest BCUT2D eigenvalue weighted by Crippen LogP contribution is -2.22. The van der Waals surface area contributed by atoms with Gasteiger partial charge in [-0.15, -0.1) is 0 Å². The molecule has 3 rings (SSSR count). The fourth-order valence-corrected chi connectivity index (χ4v) is 3.98. The Labute approximate surface area is 163 Å². The number of rotatable bonds is 4. The van der Waals surface area contributed by atoms with Crippen LogP contribution in [0, 0.1) is 5.92 Å². The summed E-state index contributed by atoms with van der Waals surface area (Å²) in [6.07, 6.45) is 8.97. The highest BCUT2D eigenvalue weighted by molar-refractivity contribution is 5.94. The first kappa shape index (κ1) is 19.7. The number of carbonyl (C=O) groups excluding carboxylic acids is 1. The van der Waals surface area contributed by atoms with Crippen LogP contribution in [0.3, 0.4) is 0 Å². The van der Waals surface area contributed by atoms with Gasteiger partial charge >= 0.3 is 0 Å². The minimum atomic E-state index is 0.00768. The van der Waals surface area contributed by atoms with Crippen molar-refractivity contribution < 1.29 is 4.79 Å². The van der Waals surface area contributed by atoms with Gasteiger partial charge in [0.2, 0.25) is 0 Å². The quantitative estimate of drug-likeness (QED) is 0.751. The lowest BCUT2D eigenvalue weighted by Gasteiger charge is -2.25. The second-order valence-electron chi connectivity index (χ2n) is 9.13. The number of hydrogen-bond donors (Lipinski definition) is 0. The number of nitrogens with zero attached hydrogens (tertiary/aromatic N) is 3. The van der Waals surface area contributed by atoms with Crippen molar-refractivity contribution in [2.45, 2.75) is 64.8 Å². The molecule has 0 bridgehead atoms. The van der Waals surface area contributed by atoms with Crippen molar-refractivity contribution in [3.8, 4) is 11.3 Å². The van der Waals surface area contributed by atoms with E-state index < -0.39 is 0 Å². The van der Waals surface area contributed by atoms with Crippen LogP contribution in [-0.2, 0) is 12.0 Å². The fourth-order valence-electron chi connectivity index (χ4n) is 3.98. The van der Waals surface area contributed by atoms with E-state index in [2.05, 4.69) is 31.5 Å². The van der Waals surface area contributed by atoms with Crippen LogP contribution < -0.4 is 0 Å². The fraction of sp³-hybridized carbons (Fsp3) is 0.565. The van der Waals surface area contributed by atoms with Gasteiger partial charge in [0.05, 0.1) is 5.69 Å². The van der Waals surface area contributed by atoms with Crippen molar-refractivity contribution in [2.75, 3.05) is 14.1 Å². The molecule has 0 radical (unpaired) electrons. The molecule has 1 amide bonds. The van der Waals surface area contributed by atoms with E-state index in [-0.39, 0.29) is 11.3 Å². The summed E-state index contributed by atoms with van der Waals surface area (Å²) in [5.74, 6) is 1.94. The third-order valence-corrected chi connectivity index (χ3v) is 5.46. The molecule has 0 spiro atoms. The molecule has 0 atom stereocenters. The number of aromatic nitrogens is 2. The summed E-state index contributed by atoms with van der Waals surface area (Å²) in [6.45, 7) is 7.76. The van der Waals surface area contributed by atoms with Crippen LogP contribution in [0.15, 0.2) is 30.5 Å². The van der Waals surface area contributed by atoms with Crippen molar-refractivity contribution >= 4 is 5.91 Å². The SMILES string of the molecule is CN(C)C(=O)c1ccc(-c2cn(CC3CCCCC3)c(C(C)(C)C)n2)cc1. The summed E-state index contributed by atoms with van der Waals surface area (Å²) in [6, 6.07) is 7.82.